The van der Waals surface area contributed by atoms with Gasteiger partial charge in [-0.25, -0.2) is 9.50 Å². The molecule has 1 aromatic carbocycles. The van der Waals surface area contributed by atoms with Crippen molar-refractivity contribution in [2.24, 2.45) is 0 Å². The minimum atomic E-state index is -4.52. The summed E-state index contributed by atoms with van der Waals surface area (Å²) in [4.78, 5) is 18.8. The van der Waals surface area contributed by atoms with Crippen molar-refractivity contribution in [3.05, 3.63) is 65.1 Å². The third-order valence-corrected chi connectivity index (χ3v) is 5.45. The lowest BCUT2D eigenvalue weighted by atomic mass is 10.00. The largest absolute Gasteiger partial charge is 0.433 e. The number of alkyl halides is 3. The van der Waals surface area contributed by atoms with E-state index in [1.54, 1.807) is 11.0 Å². The second-order valence-corrected chi connectivity index (χ2v) is 7.52. The van der Waals surface area contributed by atoms with Crippen molar-refractivity contribution in [1.29, 1.82) is 0 Å². The van der Waals surface area contributed by atoms with Crippen LogP contribution in [0.3, 0.4) is 0 Å². The molecular formula is C21H21F3N4O. The van der Waals surface area contributed by atoms with Crippen LogP contribution in [0.4, 0.5) is 13.2 Å². The van der Waals surface area contributed by atoms with E-state index in [-0.39, 0.29) is 29.1 Å². The van der Waals surface area contributed by atoms with E-state index < -0.39 is 11.9 Å². The molecule has 1 aliphatic rings. The van der Waals surface area contributed by atoms with E-state index in [2.05, 4.69) is 10.1 Å². The molecule has 8 heteroatoms. The van der Waals surface area contributed by atoms with Crippen LogP contribution in [-0.4, -0.2) is 38.5 Å². The molecule has 2 aromatic heterocycles. The van der Waals surface area contributed by atoms with E-state index in [0.717, 1.165) is 16.1 Å². The molecule has 0 aliphatic carbocycles. The second-order valence-electron chi connectivity index (χ2n) is 7.52. The van der Waals surface area contributed by atoms with E-state index in [0.29, 0.717) is 25.2 Å². The smallest absolute Gasteiger partial charge is 0.341 e. The van der Waals surface area contributed by atoms with Crippen molar-refractivity contribution < 1.29 is 18.0 Å². The number of nitrogens with zero attached hydrogens (tertiary/aromatic N) is 4. The van der Waals surface area contributed by atoms with E-state index in [4.69, 9.17) is 0 Å². The molecule has 0 unspecified atom stereocenters. The van der Waals surface area contributed by atoms with Crippen molar-refractivity contribution >= 4 is 11.6 Å². The third kappa shape index (κ3) is 3.71. The molecule has 0 N–H and O–H groups in total. The molecule has 3 heterocycles. The molecule has 5 nitrogen and oxygen atoms in total. The SMILES string of the molecule is Cc1cc(C(F)(F)F)n2nc([C@H]3CCN(C(=O)[C@@H](C)c4ccccc4)C3)cc2n1. The number of hydrogen-bond acceptors (Lipinski definition) is 3. The summed E-state index contributed by atoms with van der Waals surface area (Å²) in [7, 11) is 0. The van der Waals surface area contributed by atoms with Crippen molar-refractivity contribution in [1.82, 2.24) is 19.5 Å². The van der Waals surface area contributed by atoms with Gasteiger partial charge in [0, 0.05) is 30.8 Å². The van der Waals surface area contributed by atoms with Crippen molar-refractivity contribution in [3.8, 4) is 0 Å². The van der Waals surface area contributed by atoms with Gasteiger partial charge >= 0.3 is 6.18 Å². The number of benzene rings is 1. The number of carbonyl (C=O) groups excluding carboxylic acids is 1. The van der Waals surface area contributed by atoms with Gasteiger partial charge in [-0.2, -0.15) is 18.3 Å². The molecule has 1 amide bonds. The molecule has 1 fully saturated rings. The number of halogens is 3. The lowest BCUT2D eigenvalue weighted by Crippen LogP contribution is -2.32. The van der Waals surface area contributed by atoms with Crippen LogP contribution < -0.4 is 0 Å². The summed E-state index contributed by atoms with van der Waals surface area (Å²) in [5, 5.41) is 4.20. The monoisotopic (exact) mass is 402 g/mol. The average Bonchev–Trinajstić information content (AvgIpc) is 3.33. The topological polar surface area (TPSA) is 50.5 Å². The third-order valence-electron chi connectivity index (χ3n) is 5.45. The summed E-state index contributed by atoms with van der Waals surface area (Å²) in [6.45, 7) is 4.41. The highest BCUT2D eigenvalue weighted by Gasteiger charge is 2.36. The van der Waals surface area contributed by atoms with E-state index >= 15 is 0 Å². The first-order valence-corrected chi connectivity index (χ1v) is 9.52. The Morgan fingerprint density at radius 1 is 1.21 bits per heavy atom. The van der Waals surface area contributed by atoms with Crippen LogP contribution in [-0.2, 0) is 11.0 Å². The van der Waals surface area contributed by atoms with Crippen LogP contribution in [0.25, 0.3) is 5.65 Å². The summed E-state index contributed by atoms with van der Waals surface area (Å²) in [5.74, 6) is -0.352. The Labute approximate surface area is 166 Å². The van der Waals surface area contributed by atoms with Crippen LogP contribution in [0.2, 0.25) is 0 Å². The lowest BCUT2D eigenvalue weighted by molar-refractivity contribution is -0.142. The maximum Gasteiger partial charge on any atom is 0.433 e. The summed E-state index contributed by atoms with van der Waals surface area (Å²) < 4.78 is 40.9. The molecule has 1 saturated heterocycles. The van der Waals surface area contributed by atoms with Gasteiger partial charge in [-0.15, -0.1) is 0 Å². The highest BCUT2D eigenvalue weighted by Crippen LogP contribution is 2.33. The molecule has 2 atom stereocenters. The molecule has 0 bridgehead atoms. The molecule has 29 heavy (non-hydrogen) atoms. The van der Waals surface area contributed by atoms with Crippen molar-refractivity contribution in [2.75, 3.05) is 13.1 Å². The minimum Gasteiger partial charge on any atom is -0.341 e. The predicted molar refractivity (Wildman–Crippen MR) is 102 cm³/mol. The van der Waals surface area contributed by atoms with Crippen LogP contribution >= 0.6 is 0 Å². The molecule has 0 saturated carbocycles. The first-order valence-electron chi connectivity index (χ1n) is 9.52. The van der Waals surface area contributed by atoms with Gasteiger partial charge < -0.3 is 4.90 Å². The second kappa shape index (κ2) is 7.17. The fourth-order valence-electron chi connectivity index (χ4n) is 3.88. The maximum atomic E-state index is 13.4. The van der Waals surface area contributed by atoms with Gasteiger partial charge in [-0.1, -0.05) is 30.3 Å². The number of carbonyl (C=O) groups is 1. The Morgan fingerprint density at radius 2 is 1.93 bits per heavy atom. The van der Waals surface area contributed by atoms with Crippen LogP contribution in [0.15, 0.2) is 42.5 Å². The normalized spacial score (nSPS) is 18.4. The van der Waals surface area contributed by atoms with Gasteiger partial charge in [0.25, 0.3) is 0 Å². The summed E-state index contributed by atoms with van der Waals surface area (Å²) in [6.07, 6.45) is -3.85. The van der Waals surface area contributed by atoms with Crippen molar-refractivity contribution in [3.63, 3.8) is 0 Å². The highest BCUT2D eigenvalue weighted by molar-refractivity contribution is 5.83. The van der Waals surface area contributed by atoms with Gasteiger partial charge in [0.05, 0.1) is 11.6 Å². The summed E-state index contributed by atoms with van der Waals surface area (Å²) >= 11 is 0. The zero-order valence-corrected chi connectivity index (χ0v) is 16.1. The fourth-order valence-corrected chi connectivity index (χ4v) is 3.88. The van der Waals surface area contributed by atoms with Crippen molar-refractivity contribution in [2.45, 2.75) is 38.3 Å². The summed E-state index contributed by atoms with van der Waals surface area (Å²) in [5.41, 5.74) is 1.11. The maximum absolute atomic E-state index is 13.4. The predicted octanol–water partition coefficient (Wildman–Crippen LogP) is 4.18. The first kappa shape index (κ1) is 19.4. The number of rotatable bonds is 3. The van der Waals surface area contributed by atoms with E-state index in [1.807, 2.05) is 37.3 Å². The molecular weight excluding hydrogens is 381 g/mol. The van der Waals surface area contributed by atoms with Gasteiger partial charge in [0.15, 0.2) is 5.65 Å². The van der Waals surface area contributed by atoms with Crippen LogP contribution in [0.1, 0.15) is 47.8 Å². The molecule has 0 radical (unpaired) electrons. The molecule has 3 aromatic rings. The van der Waals surface area contributed by atoms with E-state index in [9.17, 15) is 18.0 Å². The molecule has 152 valence electrons. The molecule has 0 spiro atoms. The Morgan fingerprint density at radius 3 is 2.62 bits per heavy atom. The fraction of sp³-hybridized carbons (Fsp3) is 0.381. The molecule has 4 rings (SSSR count). The highest BCUT2D eigenvalue weighted by atomic mass is 19.4. The number of amides is 1. The Kier molecular flexibility index (Phi) is 4.80. The van der Waals surface area contributed by atoms with Gasteiger partial charge in [0.1, 0.15) is 5.69 Å². The number of aryl methyl sites for hydroxylation is 1. The number of hydrogen-bond donors (Lipinski definition) is 0. The number of aromatic nitrogens is 3. The quantitative estimate of drug-likeness (QED) is 0.661. The number of likely N-dealkylation sites (tertiary alicyclic amines) is 1. The van der Waals surface area contributed by atoms with Crippen LogP contribution in [0, 0.1) is 6.92 Å². The lowest BCUT2D eigenvalue weighted by Gasteiger charge is -2.21. The zero-order valence-electron chi connectivity index (χ0n) is 16.1. The molecule has 1 aliphatic heterocycles. The van der Waals surface area contributed by atoms with Gasteiger partial charge in [0.2, 0.25) is 5.91 Å². The van der Waals surface area contributed by atoms with E-state index in [1.165, 1.54) is 6.92 Å². The standard InChI is InChI=1S/C21H21F3N4O/c1-13-10-18(21(22,23)24)28-19(25-13)11-17(26-28)16-8-9-27(12-16)20(29)14(2)15-6-4-3-5-7-15/h3-7,10-11,14,16H,8-9,12H2,1-2H3/t14-,16-/m0/s1. The zero-order chi connectivity index (χ0) is 20.8. The Balaban J connectivity index is 1.56. The Hall–Kier alpha value is -2.90. The minimum absolute atomic E-state index is 0.0208. The average molecular weight is 402 g/mol. The first-order chi connectivity index (χ1) is 13.7. The van der Waals surface area contributed by atoms with Gasteiger partial charge in [-0.3, -0.25) is 4.79 Å². The van der Waals surface area contributed by atoms with Gasteiger partial charge in [-0.05, 0) is 31.9 Å². The van der Waals surface area contributed by atoms with Crippen LogP contribution in [0.5, 0.6) is 0 Å². The number of fused-ring (bicyclic) bond motifs is 1. The Bertz CT molecular complexity index is 1050. The summed E-state index contributed by atoms with van der Waals surface area (Å²) in [6, 6.07) is 12.1.